The first kappa shape index (κ1) is 19.7. The number of likely N-dealkylation sites (N-methyl/N-ethyl adjacent to an activating group) is 1. The SMILES string of the molecule is CN1CCN(c2ccc(N3CCN(C(=O)c4cc(Cl)sc4Cl)CC3)nn2)CC1. The highest BCUT2D eigenvalue weighted by Crippen LogP contribution is 2.32. The molecule has 150 valence electrons. The normalized spacial score (nSPS) is 18.6. The molecule has 2 aliphatic heterocycles. The molecule has 0 radical (unpaired) electrons. The van der Waals surface area contributed by atoms with Crippen molar-refractivity contribution in [3.05, 3.63) is 32.4 Å². The van der Waals surface area contributed by atoms with Crippen LogP contribution in [0.4, 0.5) is 11.6 Å². The van der Waals surface area contributed by atoms with Crippen LogP contribution in [0.3, 0.4) is 0 Å². The lowest BCUT2D eigenvalue weighted by molar-refractivity contribution is 0.0747. The van der Waals surface area contributed by atoms with Crippen LogP contribution in [-0.4, -0.2) is 85.3 Å². The molecule has 0 aliphatic carbocycles. The molecule has 4 rings (SSSR count). The topological polar surface area (TPSA) is 55.8 Å². The highest BCUT2D eigenvalue weighted by atomic mass is 35.5. The maximum absolute atomic E-state index is 12.7. The van der Waals surface area contributed by atoms with Gasteiger partial charge in [0.1, 0.15) is 4.34 Å². The lowest BCUT2D eigenvalue weighted by Gasteiger charge is -2.35. The van der Waals surface area contributed by atoms with Crippen LogP contribution in [0.15, 0.2) is 18.2 Å². The second kappa shape index (κ2) is 8.41. The summed E-state index contributed by atoms with van der Waals surface area (Å²) in [5.74, 6) is 1.71. The fraction of sp³-hybridized carbons (Fsp3) is 0.500. The van der Waals surface area contributed by atoms with Gasteiger partial charge in [0.05, 0.1) is 9.90 Å². The number of hydrogen-bond acceptors (Lipinski definition) is 7. The number of hydrogen-bond donors (Lipinski definition) is 0. The van der Waals surface area contributed by atoms with Crippen molar-refractivity contribution in [2.24, 2.45) is 0 Å². The predicted octanol–water partition coefficient (Wildman–Crippen LogP) is 2.56. The molecule has 2 saturated heterocycles. The van der Waals surface area contributed by atoms with Crippen molar-refractivity contribution in [3.63, 3.8) is 0 Å². The van der Waals surface area contributed by atoms with Crippen LogP contribution in [-0.2, 0) is 0 Å². The Morgan fingerprint density at radius 3 is 1.93 bits per heavy atom. The van der Waals surface area contributed by atoms with Gasteiger partial charge in [-0.15, -0.1) is 21.5 Å². The van der Waals surface area contributed by atoms with Gasteiger partial charge in [-0.3, -0.25) is 4.79 Å². The minimum Gasteiger partial charge on any atom is -0.353 e. The minimum atomic E-state index is -0.0655. The highest BCUT2D eigenvalue weighted by Gasteiger charge is 2.26. The largest absolute Gasteiger partial charge is 0.353 e. The van der Waals surface area contributed by atoms with Crippen LogP contribution in [0.1, 0.15) is 10.4 Å². The van der Waals surface area contributed by atoms with Gasteiger partial charge in [0.25, 0.3) is 5.91 Å². The molecule has 0 aromatic carbocycles. The third-order valence-corrected chi connectivity index (χ3v) is 6.73. The monoisotopic (exact) mass is 440 g/mol. The molecule has 0 spiro atoms. The first-order valence-corrected chi connectivity index (χ1v) is 10.8. The minimum absolute atomic E-state index is 0.0655. The smallest absolute Gasteiger partial charge is 0.256 e. The van der Waals surface area contributed by atoms with Gasteiger partial charge in [-0.25, -0.2) is 0 Å². The molecule has 28 heavy (non-hydrogen) atoms. The summed E-state index contributed by atoms with van der Waals surface area (Å²) in [5.41, 5.74) is 0.487. The van der Waals surface area contributed by atoms with Crippen molar-refractivity contribution < 1.29 is 4.79 Å². The zero-order valence-electron chi connectivity index (χ0n) is 15.6. The van der Waals surface area contributed by atoms with Crippen LogP contribution in [0.2, 0.25) is 8.67 Å². The van der Waals surface area contributed by atoms with Gasteiger partial charge in [0.15, 0.2) is 11.6 Å². The molecule has 0 bridgehead atoms. The molecule has 2 aliphatic rings. The standard InChI is InChI=1S/C18H22Cl2N6OS/c1-23-4-6-24(7-5-23)15-2-3-16(22-21-15)25-8-10-26(11-9-25)18(27)13-12-14(19)28-17(13)20/h2-3,12H,4-11H2,1H3. The molecular formula is C18H22Cl2N6OS. The number of anilines is 2. The Hall–Kier alpha value is -1.61. The summed E-state index contributed by atoms with van der Waals surface area (Å²) >= 11 is 13.3. The van der Waals surface area contributed by atoms with E-state index in [2.05, 4.69) is 31.9 Å². The van der Waals surface area contributed by atoms with Crippen LogP contribution in [0.25, 0.3) is 0 Å². The molecular weight excluding hydrogens is 419 g/mol. The van der Waals surface area contributed by atoms with Gasteiger partial charge in [-0.2, -0.15) is 0 Å². The van der Waals surface area contributed by atoms with E-state index in [1.54, 1.807) is 6.07 Å². The maximum Gasteiger partial charge on any atom is 0.256 e. The summed E-state index contributed by atoms with van der Waals surface area (Å²) in [6.07, 6.45) is 0. The molecule has 1 amide bonds. The number of piperazine rings is 2. The predicted molar refractivity (Wildman–Crippen MR) is 114 cm³/mol. The van der Waals surface area contributed by atoms with Crippen LogP contribution >= 0.6 is 34.5 Å². The summed E-state index contributed by atoms with van der Waals surface area (Å²) in [5, 5.41) is 8.85. The van der Waals surface area contributed by atoms with E-state index in [1.807, 2.05) is 17.0 Å². The molecule has 2 fully saturated rings. The Balaban J connectivity index is 1.35. The number of halogens is 2. The molecule has 0 unspecified atom stereocenters. The average Bonchev–Trinajstić information content (AvgIpc) is 3.06. The van der Waals surface area contributed by atoms with Gasteiger partial charge >= 0.3 is 0 Å². The molecule has 0 saturated carbocycles. The number of carbonyl (C=O) groups excluding carboxylic acids is 1. The van der Waals surface area contributed by atoms with Crippen LogP contribution in [0, 0.1) is 0 Å². The van der Waals surface area contributed by atoms with E-state index in [1.165, 1.54) is 11.3 Å². The molecule has 10 heteroatoms. The van der Waals surface area contributed by atoms with Crippen molar-refractivity contribution >= 4 is 52.1 Å². The molecule has 0 N–H and O–H groups in total. The zero-order chi connectivity index (χ0) is 19.7. The second-order valence-corrected chi connectivity index (χ2v) is 9.34. The Bertz CT molecular complexity index is 829. The quantitative estimate of drug-likeness (QED) is 0.730. The maximum atomic E-state index is 12.7. The van der Waals surface area contributed by atoms with E-state index in [-0.39, 0.29) is 5.91 Å². The summed E-state index contributed by atoms with van der Waals surface area (Å²) in [6.45, 7) is 6.68. The number of carbonyl (C=O) groups is 1. The number of thiophene rings is 1. The third kappa shape index (κ3) is 4.20. The molecule has 0 atom stereocenters. The van der Waals surface area contributed by atoms with Crippen LogP contribution in [0.5, 0.6) is 0 Å². The van der Waals surface area contributed by atoms with E-state index in [0.717, 1.165) is 37.8 Å². The summed E-state index contributed by atoms with van der Waals surface area (Å²) in [4.78, 5) is 21.2. The Morgan fingerprint density at radius 2 is 1.46 bits per heavy atom. The summed E-state index contributed by atoms with van der Waals surface area (Å²) in [7, 11) is 2.14. The molecule has 2 aromatic heterocycles. The van der Waals surface area contributed by atoms with Gasteiger partial charge in [0, 0.05) is 52.4 Å². The Kier molecular flexibility index (Phi) is 5.91. The number of rotatable bonds is 3. The van der Waals surface area contributed by atoms with Crippen LogP contribution < -0.4 is 9.80 Å². The average molecular weight is 441 g/mol. The number of nitrogens with zero attached hydrogens (tertiary/aromatic N) is 6. The van der Waals surface area contributed by atoms with Crippen molar-refractivity contribution in [1.29, 1.82) is 0 Å². The Labute approximate surface area is 178 Å². The fourth-order valence-electron chi connectivity index (χ4n) is 3.49. The van der Waals surface area contributed by atoms with E-state index >= 15 is 0 Å². The first-order valence-electron chi connectivity index (χ1n) is 9.27. The number of aromatic nitrogens is 2. The van der Waals surface area contributed by atoms with E-state index in [4.69, 9.17) is 23.2 Å². The third-order valence-electron chi connectivity index (χ3n) is 5.24. The molecule has 4 heterocycles. The second-order valence-electron chi connectivity index (χ2n) is 7.06. The van der Waals surface area contributed by atoms with Crippen molar-refractivity contribution in [2.45, 2.75) is 0 Å². The van der Waals surface area contributed by atoms with Gasteiger partial charge in [-0.1, -0.05) is 23.2 Å². The van der Waals surface area contributed by atoms with Crippen molar-refractivity contribution in [2.75, 3.05) is 69.2 Å². The lowest BCUT2D eigenvalue weighted by atomic mass is 10.2. The fourth-order valence-corrected chi connectivity index (χ4v) is 4.93. The van der Waals surface area contributed by atoms with Crippen molar-refractivity contribution in [3.8, 4) is 0 Å². The van der Waals surface area contributed by atoms with E-state index < -0.39 is 0 Å². The number of amides is 1. The Morgan fingerprint density at radius 1 is 0.929 bits per heavy atom. The highest BCUT2D eigenvalue weighted by molar-refractivity contribution is 7.20. The zero-order valence-corrected chi connectivity index (χ0v) is 18.0. The summed E-state index contributed by atoms with van der Waals surface area (Å²) in [6, 6.07) is 5.71. The molecule has 7 nitrogen and oxygen atoms in total. The van der Waals surface area contributed by atoms with Gasteiger partial charge < -0.3 is 19.6 Å². The van der Waals surface area contributed by atoms with Gasteiger partial charge in [-0.05, 0) is 25.2 Å². The van der Waals surface area contributed by atoms with Crippen molar-refractivity contribution in [1.82, 2.24) is 20.0 Å². The first-order chi connectivity index (χ1) is 13.5. The summed E-state index contributed by atoms with van der Waals surface area (Å²) < 4.78 is 0.977. The lowest BCUT2D eigenvalue weighted by Crippen LogP contribution is -2.49. The molecule has 2 aromatic rings. The van der Waals surface area contributed by atoms with E-state index in [0.29, 0.717) is 40.4 Å². The van der Waals surface area contributed by atoms with Gasteiger partial charge in [0.2, 0.25) is 0 Å². The van der Waals surface area contributed by atoms with E-state index in [9.17, 15) is 4.79 Å².